The van der Waals surface area contributed by atoms with Crippen molar-refractivity contribution in [3.63, 3.8) is 0 Å². The average Bonchev–Trinajstić information content (AvgIpc) is 3.32. The molecule has 200 valence electrons. The van der Waals surface area contributed by atoms with Gasteiger partial charge >= 0.3 is 6.18 Å². The molecule has 3 aromatic rings. The summed E-state index contributed by atoms with van der Waals surface area (Å²) in [5.74, 6) is -0.386. The highest BCUT2D eigenvalue weighted by atomic mass is 35.5. The minimum Gasteiger partial charge on any atom is -0.393 e. The number of carbonyl (C=O) groups excluding carboxylic acids is 1. The quantitative estimate of drug-likeness (QED) is 0.177. The Hall–Kier alpha value is -3.01. The third kappa shape index (κ3) is 5.41. The Labute approximate surface area is 231 Å². The smallest absolute Gasteiger partial charge is 0.393 e. The Morgan fingerprint density at radius 1 is 1.16 bits per heavy atom. The van der Waals surface area contributed by atoms with E-state index in [0.717, 1.165) is 12.1 Å². The predicted octanol–water partition coefficient (Wildman–Crippen LogP) is 7.52. The lowest BCUT2D eigenvalue weighted by molar-refractivity contribution is -0.275. The van der Waals surface area contributed by atoms with Crippen LogP contribution in [0.2, 0.25) is 15.1 Å². The van der Waals surface area contributed by atoms with Gasteiger partial charge in [0.15, 0.2) is 0 Å². The summed E-state index contributed by atoms with van der Waals surface area (Å²) in [6.07, 6.45) is -4.18. The zero-order chi connectivity index (χ0) is 27.7. The number of benzene rings is 3. The summed E-state index contributed by atoms with van der Waals surface area (Å²) in [7, 11) is 0. The van der Waals surface area contributed by atoms with Crippen molar-refractivity contribution in [3.05, 3.63) is 80.3 Å². The zero-order valence-electron chi connectivity index (χ0n) is 20.1. The van der Waals surface area contributed by atoms with Gasteiger partial charge in [-0.05, 0) is 42.8 Å². The fourth-order valence-corrected chi connectivity index (χ4v) is 4.62. The third-order valence-electron chi connectivity index (χ3n) is 5.82. The number of nitrogens with one attached hydrogen (secondary N) is 1. The topological polar surface area (TPSA) is 72.3 Å². The van der Waals surface area contributed by atoms with Gasteiger partial charge in [-0.1, -0.05) is 75.4 Å². The number of alkyl halides is 3. The van der Waals surface area contributed by atoms with E-state index in [1.807, 2.05) is 13.8 Å². The van der Waals surface area contributed by atoms with E-state index in [-0.39, 0.29) is 44.9 Å². The molecule has 6 nitrogen and oxygen atoms in total. The van der Waals surface area contributed by atoms with Crippen molar-refractivity contribution >= 4 is 63.4 Å². The Balaban J connectivity index is 1.67. The van der Waals surface area contributed by atoms with Gasteiger partial charge in [0.2, 0.25) is 0 Å². The second kappa shape index (κ2) is 11.0. The third-order valence-corrected chi connectivity index (χ3v) is 7.01. The molecule has 1 atom stereocenters. The Morgan fingerprint density at radius 2 is 1.82 bits per heavy atom. The molecule has 0 saturated heterocycles. The lowest BCUT2D eigenvalue weighted by Crippen LogP contribution is -2.42. The second-order valence-electron chi connectivity index (χ2n) is 8.74. The lowest BCUT2D eigenvalue weighted by Gasteiger charge is -2.30. The number of halogens is 6. The number of amides is 1. The van der Waals surface area contributed by atoms with Gasteiger partial charge in [-0.25, -0.2) is 0 Å². The first kappa shape index (κ1) is 28.0. The first-order valence-electron chi connectivity index (χ1n) is 11.4. The molecule has 0 saturated carbocycles. The maximum Gasteiger partial charge on any atom is 0.435 e. The van der Waals surface area contributed by atoms with Crippen LogP contribution >= 0.6 is 34.8 Å². The molecule has 1 amide bonds. The fraction of sp³-hybridized carbons (Fsp3) is 0.269. The van der Waals surface area contributed by atoms with Gasteiger partial charge < -0.3 is 15.0 Å². The molecule has 0 aromatic heterocycles. The molecule has 12 heteroatoms. The molecule has 1 N–H and O–H groups in total. The van der Waals surface area contributed by atoms with Gasteiger partial charge in [0.05, 0.1) is 33.5 Å². The number of fused-ring (bicyclic) bond motifs is 1. The van der Waals surface area contributed by atoms with E-state index >= 15 is 0 Å². The van der Waals surface area contributed by atoms with E-state index in [4.69, 9.17) is 44.5 Å². The number of hydrogen-bond acceptors (Lipinski definition) is 5. The van der Waals surface area contributed by atoms with Gasteiger partial charge in [0.25, 0.3) is 11.5 Å². The fourth-order valence-electron chi connectivity index (χ4n) is 4.02. The minimum absolute atomic E-state index is 0.0469. The Bertz CT molecular complexity index is 1420. The molecule has 1 aliphatic heterocycles. The summed E-state index contributed by atoms with van der Waals surface area (Å²) in [5.41, 5.74) is -2.38. The SMILES string of the molecule is CC(C)O/N=C/CNC(=O)c1ccc(C2=NOC(c3cc(Cl)c(Cl)c(Cl)c3)(C(F)(F)F)C2)c2ccccc12. The highest BCUT2D eigenvalue weighted by Crippen LogP contribution is 2.51. The molecule has 1 heterocycles. The van der Waals surface area contributed by atoms with E-state index < -0.39 is 18.2 Å². The molecule has 0 bridgehead atoms. The van der Waals surface area contributed by atoms with Crippen LogP contribution < -0.4 is 5.32 Å². The van der Waals surface area contributed by atoms with Gasteiger partial charge in [0, 0.05) is 23.1 Å². The van der Waals surface area contributed by atoms with Crippen molar-refractivity contribution < 1.29 is 27.6 Å². The van der Waals surface area contributed by atoms with Gasteiger partial charge in [0.1, 0.15) is 6.10 Å². The summed E-state index contributed by atoms with van der Waals surface area (Å²) in [6.45, 7) is 3.77. The summed E-state index contributed by atoms with van der Waals surface area (Å²) in [4.78, 5) is 23.0. The van der Waals surface area contributed by atoms with Crippen molar-refractivity contribution in [3.8, 4) is 0 Å². The maximum atomic E-state index is 14.5. The number of carbonyl (C=O) groups is 1. The van der Waals surface area contributed by atoms with Crippen LogP contribution in [0, 0.1) is 0 Å². The van der Waals surface area contributed by atoms with Crippen LogP contribution in [0.1, 0.15) is 41.8 Å². The number of rotatable bonds is 7. The van der Waals surface area contributed by atoms with Crippen LogP contribution in [0.4, 0.5) is 13.2 Å². The van der Waals surface area contributed by atoms with Crippen LogP contribution in [0.25, 0.3) is 10.8 Å². The van der Waals surface area contributed by atoms with Crippen LogP contribution in [-0.4, -0.2) is 36.7 Å². The highest BCUT2D eigenvalue weighted by molar-refractivity contribution is 6.48. The molecular weight excluding hydrogens is 566 g/mol. The van der Waals surface area contributed by atoms with Crippen molar-refractivity contribution in [2.24, 2.45) is 10.3 Å². The lowest BCUT2D eigenvalue weighted by atomic mass is 9.85. The van der Waals surface area contributed by atoms with Crippen molar-refractivity contribution in [2.75, 3.05) is 6.54 Å². The number of hydrogen-bond donors (Lipinski definition) is 1. The molecule has 0 fully saturated rings. The molecule has 1 unspecified atom stereocenters. The molecule has 0 spiro atoms. The van der Waals surface area contributed by atoms with Crippen LogP contribution in [0.5, 0.6) is 0 Å². The second-order valence-corrected chi connectivity index (χ2v) is 9.94. The standard InChI is InChI=1S/C26H21Cl3F3N3O3/c1-14(2)37-34-10-9-33-24(36)19-8-7-18(16-5-3-4-6-17(16)19)22-13-25(38-35-22,26(30,31)32)15-11-20(27)23(29)21(28)12-15/h3-8,10-12,14H,9,13H2,1-2H3,(H,33,36)/b34-10+. The van der Waals surface area contributed by atoms with E-state index in [0.29, 0.717) is 21.9 Å². The normalized spacial score (nSPS) is 17.7. The molecule has 1 aliphatic rings. The van der Waals surface area contributed by atoms with Gasteiger partial charge in [-0.2, -0.15) is 13.2 Å². The van der Waals surface area contributed by atoms with Crippen LogP contribution in [0.3, 0.4) is 0 Å². The highest BCUT2D eigenvalue weighted by Gasteiger charge is 2.62. The van der Waals surface area contributed by atoms with Crippen LogP contribution in [0.15, 0.2) is 58.8 Å². The van der Waals surface area contributed by atoms with Crippen molar-refractivity contribution in [2.45, 2.75) is 38.1 Å². The van der Waals surface area contributed by atoms with Crippen LogP contribution in [-0.2, 0) is 15.3 Å². The monoisotopic (exact) mass is 585 g/mol. The summed E-state index contributed by atoms with van der Waals surface area (Å²) < 4.78 is 43.4. The van der Waals surface area contributed by atoms with E-state index in [1.165, 1.54) is 12.3 Å². The molecular formula is C26H21Cl3F3N3O3. The zero-order valence-corrected chi connectivity index (χ0v) is 22.3. The molecule has 4 rings (SSSR count). The predicted molar refractivity (Wildman–Crippen MR) is 142 cm³/mol. The molecule has 3 aromatic carbocycles. The first-order valence-corrected chi connectivity index (χ1v) is 12.5. The summed E-state index contributed by atoms with van der Waals surface area (Å²) >= 11 is 18.0. The van der Waals surface area contributed by atoms with Gasteiger partial charge in [-0.3, -0.25) is 4.79 Å². The largest absolute Gasteiger partial charge is 0.435 e. The van der Waals surface area contributed by atoms with E-state index in [1.54, 1.807) is 30.3 Å². The summed E-state index contributed by atoms with van der Waals surface area (Å²) in [5, 5.41) is 11.0. The summed E-state index contributed by atoms with van der Waals surface area (Å²) in [6, 6.07) is 12.1. The van der Waals surface area contributed by atoms with E-state index in [2.05, 4.69) is 15.6 Å². The first-order chi connectivity index (χ1) is 17.9. The Morgan fingerprint density at radius 3 is 2.45 bits per heavy atom. The van der Waals surface area contributed by atoms with Crippen molar-refractivity contribution in [1.29, 1.82) is 0 Å². The van der Waals surface area contributed by atoms with Gasteiger partial charge in [-0.15, -0.1) is 0 Å². The average molecular weight is 587 g/mol. The number of nitrogens with zero attached hydrogens (tertiary/aromatic N) is 2. The van der Waals surface area contributed by atoms with Crippen molar-refractivity contribution in [1.82, 2.24) is 5.32 Å². The van der Waals surface area contributed by atoms with E-state index in [9.17, 15) is 18.0 Å². The number of oxime groups is 2. The molecule has 0 radical (unpaired) electrons. The molecule has 38 heavy (non-hydrogen) atoms. The minimum atomic E-state index is -4.87. The molecule has 0 aliphatic carbocycles. The maximum absolute atomic E-state index is 14.5. The Kier molecular flexibility index (Phi) is 8.11.